The van der Waals surface area contributed by atoms with Crippen LogP contribution in [-0.4, -0.2) is 30.1 Å². The first kappa shape index (κ1) is 16.4. The molecule has 0 bridgehead atoms. The van der Waals surface area contributed by atoms with Crippen molar-refractivity contribution in [2.24, 2.45) is 5.73 Å². The van der Waals surface area contributed by atoms with Crippen molar-refractivity contribution in [3.63, 3.8) is 0 Å². The number of hydrogen-bond acceptors (Lipinski definition) is 2. The Bertz CT molecular complexity index is 381. The topological polar surface area (TPSA) is 29.3 Å². The van der Waals surface area contributed by atoms with E-state index in [1.54, 1.807) is 0 Å². The first-order valence-corrected chi connectivity index (χ1v) is 6.65. The fourth-order valence-electron chi connectivity index (χ4n) is 2.67. The average Bonchev–Trinajstić information content (AvgIpc) is 2.32. The van der Waals surface area contributed by atoms with Crippen LogP contribution in [-0.2, 0) is 5.67 Å². The highest BCUT2D eigenvalue weighted by atomic mass is 35.5. The van der Waals surface area contributed by atoms with Crippen LogP contribution in [0.5, 0.6) is 0 Å². The molecule has 1 aromatic rings. The van der Waals surface area contributed by atoms with Gasteiger partial charge in [0.25, 0.3) is 0 Å². The maximum Gasteiger partial charge on any atom is 0.138 e. The molecule has 1 heterocycles. The van der Waals surface area contributed by atoms with Crippen LogP contribution >= 0.6 is 12.4 Å². The molecule has 108 valence electrons. The third-order valence-corrected chi connectivity index (χ3v) is 3.57. The van der Waals surface area contributed by atoms with E-state index in [-0.39, 0.29) is 17.9 Å². The second-order valence-corrected chi connectivity index (χ2v) is 6.10. The van der Waals surface area contributed by atoms with Crippen LogP contribution in [0.2, 0.25) is 0 Å². The van der Waals surface area contributed by atoms with Crippen molar-refractivity contribution in [2.75, 3.05) is 19.6 Å². The van der Waals surface area contributed by atoms with Crippen molar-refractivity contribution in [3.05, 3.63) is 35.9 Å². The summed E-state index contributed by atoms with van der Waals surface area (Å²) in [5, 5.41) is 0. The summed E-state index contributed by atoms with van der Waals surface area (Å²) in [6, 6.07) is 9.53. The normalized spacial score (nSPS) is 19.8. The van der Waals surface area contributed by atoms with Gasteiger partial charge in [-0.25, -0.2) is 4.39 Å². The summed E-state index contributed by atoms with van der Waals surface area (Å²) in [4.78, 5) is 2.26. The molecule has 0 saturated carbocycles. The summed E-state index contributed by atoms with van der Waals surface area (Å²) in [6.07, 6.45) is 1.13. The van der Waals surface area contributed by atoms with Gasteiger partial charge in [-0.15, -0.1) is 12.4 Å². The molecule has 1 aromatic carbocycles. The van der Waals surface area contributed by atoms with Crippen LogP contribution in [0.1, 0.15) is 32.3 Å². The third-order valence-electron chi connectivity index (χ3n) is 3.57. The Balaban J connectivity index is 0.00000180. The summed E-state index contributed by atoms with van der Waals surface area (Å²) in [5.41, 5.74) is 5.46. The standard InChI is InChI=1S/C15H23FN2.ClH/c1-14(2,17)12-18-10-8-15(16,9-11-18)13-6-4-3-5-7-13;/h3-7H,8-12,17H2,1-2H3;1H. The monoisotopic (exact) mass is 286 g/mol. The lowest BCUT2D eigenvalue weighted by Crippen LogP contribution is -2.49. The molecule has 1 aliphatic heterocycles. The first-order chi connectivity index (χ1) is 8.39. The molecule has 1 aliphatic rings. The predicted molar refractivity (Wildman–Crippen MR) is 80.4 cm³/mol. The number of alkyl halides is 1. The number of benzene rings is 1. The number of nitrogens with zero attached hydrogens (tertiary/aromatic N) is 1. The summed E-state index contributed by atoms with van der Waals surface area (Å²) >= 11 is 0. The lowest BCUT2D eigenvalue weighted by molar-refractivity contribution is 0.0484. The molecule has 19 heavy (non-hydrogen) atoms. The van der Waals surface area contributed by atoms with Gasteiger partial charge in [0.1, 0.15) is 5.67 Å². The van der Waals surface area contributed by atoms with Gasteiger partial charge < -0.3 is 10.6 Å². The number of piperidine rings is 1. The van der Waals surface area contributed by atoms with Gasteiger partial charge in [0, 0.05) is 25.2 Å². The van der Waals surface area contributed by atoms with Crippen molar-refractivity contribution in [2.45, 2.75) is 37.9 Å². The number of rotatable bonds is 3. The van der Waals surface area contributed by atoms with Crippen molar-refractivity contribution >= 4 is 12.4 Å². The van der Waals surface area contributed by atoms with Gasteiger partial charge >= 0.3 is 0 Å². The molecule has 0 atom stereocenters. The fraction of sp³-hybridized carbons (Fsp3) is 0.600. The van der Waals surface area contributed by atoms with Crippen molar-refractivity contribution < 1.29 is 4.39 Å². The molecular formula is C15H24ClFN2. The van der Waals surface area contributed by atoms with Crippen LogP contribution in [0.25, 0.3) is 0 Å². The fourth-order valence-corrected chi connectivity index (χ4v) is 2.67. The molecule has 1 saturated heterocycles. The Labute approximate surface area is 121 Å². The number of likely N-dealkylation sites (tertiary alicyclic amines) is 1. The van der Waals surface area contributed by atoms with E-state index < -0.39 is 5.67 Å². The lowest BCUT2D eigenvalue weighted by Gasteiger charge is -2.39. The van der Waals surface area contributed by atoms with E-state index in [0.717, 1.165) is 25.2 Å². The minimum Gasteiger partial charge on any atom is -0.324 e. The Morgan fingerprint density at radius 1 is 1.21 bits per heavy atom. The predicted octanol–water partition coefficient (Wildman–Crippen LogP) is 3.11. The number of hydrogen-bond donors (Lipinski definition) is 1. The Morgan fingerprint density at radius 2 is 1.74 bits per heavy atom. The highest BCUT2D eigenvalue weighted by Gasteiger charge is 2.36. The molecule has 4 heteroatoms. The van der Waals surface area contributed by atoms with Crippen LogP contribution in [0.15, 0.2) is 30.3 Å². The van der Waals surface area contributed by atoms with Gasteiger partial charge in [0.05, 0.1) is 0 Å². The molecule has 0 aromatic heterocycles. The van der Waals surface area contributed by atoms with Gasteiger partial charge in [0.15, 0.2) is 0 Å². The molecule has 0 amide bonds. The van der Waals surface area contributed by atoms with E-state index in [2.05, 4.69) is 4.90 Å². The van der Waals surface area contributed by atoms with Crippen molar-refractivity contribution in [1.82, 2.24) is 4.90 Å². The molecule has 2 rings (SSSR count). The van der Waals surface area contributed by atoms with Gasteiger partial charge in [0.2, 0.25) is 0 Å². The van der Waals surface area contributed by atoms with Crippen molar-refractivity contribution in [3.8, 4) is 0 Å². The number of halogens is 2. The van der Waals surface area contributed by atoms with Crippen molar-refractivity contribution in [1.29, 1.82) is 0 Å². The smallest absolute Gasteiger partial charge is 0.138 e. The Hall–Kier alpha value is -0.640. The summed E-state index contributed by atoms with van der Waals surface area (Å²) < 4.78 is 14.9. The second kappa shape index (κ2) is 6.21. The third kappa shape index (κ3) is 4.44. The van der Waals surface area contributed by atoms with Gasteiger partial charge in [-0.05, 0) is 32.3 Å². The van der Waals surface area contributed by atoms with E-state index in [4.69, 9.17) is 5.73 Å². The summed E-state index contributed by atoms with van der Waals surface area (Å²) in [6.45, 7) is 6.43. The molecule has 2 N–H and O–H groups in total. The van der Waals surface area contributed by atoms with E-state index in [0.29, 0.717) is 12.8 Å². The minimum atomic E-state index is -1.16. The maximum absolute atomic E-state index is 14.9. The highest BCUT2D eigenvalue weighted by molar-refractivity contribution is 5.85. The second-order valence-electron chi connectivity index (χ2n) is 6.10. The average molecular weight is 287 g/mol. The van der Waals surface area contributed by atoms with Gasteiger partial charge in [-0.3, -0.25) is 0 Å². The zero-order chi connectivity index (χ0) is 13.2. The summed E-state index contributed by atoms with van der Waals surface area (Å²) in [5.74, 6) is 0. The molecular weight excluding hydrogens is 263 g/mol. The molecule has 0 spiro atoms. The van der Waals surface area contributed by atoms with Crippen LogP contribution in [0, 0.1) is 0 Å². The SMILES string of the molecule is CC(C)(N)CN1CCC(F)(c2ccccc2)CC1.Cl. The molecule has 0 aliphatic carbocycles. The molecule has 1 fully saturated rings. The van der Waals surface area contributed by atoms with Crippen LogP contribution in [0.3, 0.4) is 0 Å². The zero-order valence-electron chi connectivity index (χ0n) is 11.7. The lowest BCUT2D eigenvalue weighted by atomic mass is 9.86. The van der Waals surface area contributed by atoms with Crippen LogP contribution in [0.4, 0.5) is 4.39 Å². The highest BCUT2D eigenvalue weighted by Crippen LogP contribution is 2.36. The molecule has 0 radical (unpaired) electrons. The zero-order valence-corrected chi connectivity index (χ0v) is 12.5. The molecule has 0 unspecified atom stereocenters. The van der Waals surface area contributed by atoms with E-state index >= 15 is 0 Å². The van der Waals surface area contributed by atoms with E-state index in [1.165, 1.54) is 0 Å². The largest absolute Gasteiger partial charge is 0.324 e. The Kier molecular flexibility index (Phi) is 5.36. The minimum absolute atomic E-state index is 0. The van der Waals surface area contributed by atoms with E-state index in [9.17, 15) is 4.39 Å². The molecule has 2 nitrogen and oxygen atoms in total. The first-order valence-electron chi connectivity index (χ1n) is 6.65. The maximum atomic E-state index is 14.9. The van der Waals surface area contributed by atoms with Crippen LogP contribution < -0.4 is 5.73 Å². The quantitative estimate of drug-likeness (QED) is 0.925. The van der Waals surface area contributed by atoms with Gasteiger partial charge in [-0.2, -0.15) is 0 Å². The van der Waals surface area contributed by atoms with Gasteiger partial charge in [-0.1, -0.05) is 30.3 Å². The van der Waals surface area contributed by atoms with E-state index in [1.807, 2.05) is 44.2 Å². The number of nitrogens with two attached hydrogens (primary N) is 1. The summed E-state index contributed by atoms with van der Waals surface area (Å²) in [7, 11) is 0. The Morgan fingerprint density at radius 3 is 2.21 bits per heavy atom.